The van der Waals surface area contributed by atoms with E-state index in [1.807, 2.05) is 37.5 Å². The highest BCUT2D eigenvalue weighted by atomic mass is 15.1. The van der Waals surface area contributed by atoms with Crippen LogP contribution in [0.25, 0.3) is 40.4 Å². The first-order valence-electron chi connectivity index (χ1n) is 11.5. The molecule has 2 aliphatic rings. The zero-order chi connectivity index (χ0) is 22.9. The van der Waals surface area contributed by atoms with Gasteiger partial charge in [-0.15, -0.1) is 0 Å². The molecule has 2 N–H and O–H groups in total. The maximum Gasteiger partial charge on any atom is 0.0912 e. The maximum absolute atomic E-state index is 4.91. The molecule has 1 aliphatic carbocycles. The second kappa shape index (κ2) is 8.65. The number of hydrogen-bond donors (Lipinski definition) is 2. The van der Waals surface area contributed by atoms with E-state index in [1.54, 1.807) is 0 Å². The molecule has 1 aliphatic heterocycles. The van der Waals surface area contributed by atoms with Crippen molar-refractivity contribution in [2.24, 2.45) is 0 Å². The summed E-state index contributed by atoms with van der Waals surface area (Å²) in [6.07, 6.45) is 15.1. The van der Waals surface area contributed by atoms with Gasteiger partial charge in [-0.1, -0.05) is 36.4 Å². The van der Waals surface area contributed by atoms with Crippen LogP contribution in [0.3, 0.4) is 0 Å². The van der Waals surface area contributed by atoms with E-state index in [0.717, 1.165) is 70.2 Å². The van der Waals surface area contributed by atoms with Crippen molar-refractivity contribution in [3.63, 3.8) is 0 Å². The van der Waals surface area contributed by atoms with Gasteiger partial charge >= 0.3 is 0 Å². The molecule has 0 aromatic carbocycles. The van der Waals surface area contributed by atoms with Crippen LogP contribution in [0.1, 0.15) is 33.8 Å². The number of H-pyrrole nitrogens is 1. The van der Waals surface area contributed by atoms with Crippen LogP contribution in [0, 0.1) is 6.92 Å². The molecule has 0 fully saturated rings. The van der Waals surface area contributed by atoms with Crippen molar-refractivity contribution in [3.8, 4) is 22.6 Å². The number of rotatable bonds is 3. The number of nitrogens with zero attached hydrogens (tertiary/aromatic N) is 4. The average molecular weight is 445 g/mol. The quantitative estimate of drug-likeness (QED) is 0.465. The maximum atomic E-state index is 4.91. The van der Waals surface area contributed by atoms with Crippen LogP contribution in [0.2, 0.25) is 0 Å². The third-order valence-electron chi connectivity index (χ3n) is 6.23. The zero-order valence-corrected chi connectivity index (χ0v) is 18.9. The van der Waals surface area contributed by atoms with Crippen LogP contribution in [0.15, 0.2) is 67.0 Å². The van der Waals surface area contributed by atoms with E-state index in [2.05, 4.69) is 69.1 Å². The first kappa shape index (κ1) is 20.4. The third-order valence-corrected chi connectivity index (χ3v) is 6.23. The first-order chi connectivity index (χ1) is 16.7. The van der Waals surface area contributed by atoms with Crippen molar-refractivity contribution in [3.05, 3.63) is 101 Å². The fraction of sp³-hybridized carbons (Fsp3) is 0.143. The molecule has 0 saturated carbocycles. The lowest BCUT2D eigenvalue weighted by Crippen LogP contribution is -2.24. The molecule has 6 rings (SSSR count). The molecular weight excluding hydrogens is 420 g/mol. The number of aromatic nitrogens is 5. The van der Waals surface area contributed by atoms with Gasteiger partial charge in [0.2, 0.25) is 0 Å². The molecule has 34 heavy (non-hydrogen) atoms. The van der Waals surface area contributed by atoms with Gasteiger partial charge < -0.3 is 5.32 Å². The Balaban J connectivity index is 1.32. The molecule has 0 radical (unpaired) electrons. The van der Waals surface area contributed by atoms with Gasteiger partial charge in [-0.3, -0.25) is 20.1 Å². The highest BCUT2D eigenvalue weighted by Gasteiger charge is 2.14. The van der Waals surface area contributed by atoms with Crippen molar-refractivity contribution >= 4 is 17.7 Å². The summed E-state index contributed by atoms with van der Waals surface area (Å²) in [7, 11) is 0. The fourth-order valence-corrected chi connectivity index (χ4v) is 4.45. The molecule has 0 saturated heterocycles. The Morgan fingerprint density at radius 3 is 2.85 bits per heavy atom. The largest absolute Gasteiger partial charge is 0.312 e. The fourth-order valence-electron chi connectivity index (χ4n) is 4.45. The van der Waals surface area contributed by atoms with Gasteiger partial charge in [-0.25, -0.2) is 0 Å². The minimum absolute atomic E-state index is 0.879. The lowest BCUT2D eigenvalue weighted by Gasteiger charge is -2.17. The van der Waals surface area contributed by atoms with E-state index in [1.165, 1.54) is 11.3 Å². The number of allylic oxidation sites excluding steroid dienone is 4. The predicted molar refractivity (Wildman–Crippen MR) is 135 cm³/mol. The predicted octanol–water partition coefficient (Wildman–Crippen LogP) is 5.01. The number of pyridine rings is 3. The Kier molecular flexibility index (Phi) is 5.20. The molecule has 6 heteroatoms. The molecule has 5 heterocycles. The summed E-state index contributed by atoms with van der Waals surface area (Å²) in [5.41, 5.74) is 11.3. The Morgan fingerprint density at radius 1 is 0.941 bits per heavy atom. The number of aryl methyl sites for hydroxylation is 1. The van der Waals surface area contributed by atoms with Gasteiger partial charge in [0.25, 0.3) is 0 Å². The van der Waals surface area contributed by atoms with E-state index in [4.69, 9.17) is 9.97 Å². The zero-order valence-electron chi connectivity index (χ0n) is 18.9. The topological polar surface area (TPSA) is 79.4 Å². The average Bonchev–Trinajstić information content (AvgIpc) is 3.34. The minimum Gasteiger partial charge on any atom is -0.312 e. The summed E-state index contributed by atoms with van der Waals surface area (Å²) in [6.45, 7) is 3.86. The normalized spacial score (nSPS) is 15.6. The SMILES string of the molecule is Cc1cccc(-c2[nH]ncc2C2=C/C=C/c3cc(-c4ccc5c(n4)CCNC5)cnc3C=C2)n1. The Morgan fingerprint density at radius 2 is 1.91 bits per heavy atom. The van der Waals surface area contributed by atoms with E-state index in [9.17, 15) is 0 Å². The summed E-state index contributed by atoms with van der Waals surface area (Å²) in [5.74, 6) is 0. The second-order valence-electron chi connectivity index (χ2n) is 8.56. The highest BCUT2D eigenvalue weighted by Crippen LogP contribution is 2.30. The van der Waals surface area contributed by atoms with Crippen molar-refractivity contribution in [2.75, 3.05) is 6.54 Å². The summed E-state index contributed by atoms with van der Waals surface area (Å²) < 4.78 is 0. The van der Waals surface area contributed by atoms with E-state index in [-0.39, 0.29) is 0 Å². The summed E-state index contributed by atoms with van der Waals surface area (Å²) >= 11 is 0. The molecular formula is C28H24N6. The van der Waals surface area contributed by atoms with Crippen molar-refractivity contribution in [1.29, 1.82) is 0 Å². The summed E-state index contributed by atoms with van der Waals surface area (Å²) in [4.78, 5) is 14.3. The number of nitrogens with one attached hydrogen (secondary N) is 2. The Bertz CT molecular complexity index is 1470. The molecule has 0 spiro atoms. The van der Waals surface area contributed by atoms with Crippen LogP contribution < -0.4 is 5.32 Å². The molecule has 166 valence electrons. The van der Waals surface area contributed by atoms with Gasteiger partial charge in [-0.2, -0.15) is 5.10 Å². The van der Waals surface area contributed by atoms with Crippen LogP contribution in [-0.2, 0) is 13.0 Å². The van der Waals surface area contributed by atoms with E-state index in [0.29, 0.717) is 0 Å². The lowest BCUT2D eigenvalue weighted by atomic mass is 9.99. The van der Waals surface area contributed by atoms with Crippen molar-refractivity contribution < 1.29 is 0 Å². The third kappa shape index (κ3) is 3.89. The molecule has 6 nitrogen and oxygen atoms in total. The smallest absolute Gasteiger partial charge is 0.0912 e. The van der Waals surface area contributed by atoms with Gasteiger partial charge in [-0.05, 0) is 48.4 Å². The van der Waals surface area contributed by atoms with Crippen LogP contribution >= 0.6 is 0 Å². The van der Waals surface area contributed by atoms with Crippen molar-refractivity contribution in [2.45, 2.75) is 19.9 Å². The summed E-state index contributed by atoms with van der Waals surface area (Å²) in [5, 5.41) is 10.8. The van der Waals surface area contributed by atoms with E-state index >= 15 is 0 Å². The van der Waals surface area contributed by atoms with Gasteiger partial charge in [0.1, 0.15) is 0 Å². The second-order valence-corrected chi connectivity index (χ2v) is 8.56. The standard InChI is InChI=1S/C28H24N6/c1-18-4-2-7-27(32-18)28-23(17-31-34-28)19-5-3-6-20-14-22(16-30-24(20)10-8-19)25-11-9-21-15-29-13-12-26(21)33-25/h2-11,14,16-17,29H,12-13,15H2,1H3,(H,31,34)/b5-3?,6-3+,10-8?,19-5?,19-8?,20-6?,24-10?. The minimum atomic E-state index is 0.879. The van der Waals surface area contributed by atoms with Crippen molar-refractivity contribution in [1.82, 2.24) is 30.5 Å². The van der Waals surface area contributed by atoms with Crippen LogP contribution in [0.4, 0.5) is 0 Å². The van der Waals surface area contributed by atoms with E-state index < -0.39 is 0 Å². The first-order valence-corrected chi connectivity index (χ1v) is 11.5. The van der Waals surface area contributed by atoms with Gasteiger partial charge in [0.15, 0.2) is 0 Å². The lowest BCUT2D eigenvalue weighted by molar-refractivity contribution is 0.631. The number of fused-ring (bicyclic) bond motifs is 2. The highest BCUT2D eigenvalue weighted by molar-refractivity contribution is 5.88. The Hall–Kier alpha value is -4.16. The number of hydrogen-bond acceptors (Lipinski definition) is 5. The summed E-state index contributed by atoms with van der Waals surface area (Å²) in [6, 6.07) is 12.4. The number of aromatic amines is 1. The molecule has 4 aromatic heterocycles. The molecule has 4 aromatic rings. The van der Waals surface area contributed by atoms with Gasteiger partial charge in [0, 0.05) is 53.8 Å². The molecule has 0 unspecified atom stereocenters. The monoisotopic (exact) mass is 444 g/mol. The Labute approximate surface area is 198 Å². The molecule has 0 atom stereocenters. The van der Waals surface area contributed by atoms with Gasteiger partial charge in [0.05, 0.1) is 29.0 Å². The van der Waals surface area contributed by atoms with Crippen LogP contribution in [0.5, 0.6) is 0 Å². The molecule has 0 amide bonds. The van der Waals surface area contributed by atoms with Crippen LogP contribution in [-0.4, -0.2) is 31.7 Å². The molecule has 0 bridgehead atoms.